The Balaban J connectivity index is 1.47. The third kappa shape index (κ3) is 2.59. The van der Waals surface area contributed by atoms with E-state index in [1.807, 2.05) is 11.1 Å². The Morgan fingerprint density at radius 3 is 2.90 bits per heavy atom. The highest BCUT2D eigenvalue weighted by Crippen LogP contribution is 2.37. The predicted octanol–water partition coefficient (Wildman–Crippen LogP) is 1.49. The molecule has 1 saturated heterocycles. The van der Waals surface area contributed by atoms with E-state index in [-0.39, 0.29) is 5.91 Å². The van der Waals surface area contributed by atoms with E-state index in [4.69, 9.17) is 5.73 Å². The zero-order chi connectivity index (χ0) is 14.4. The number of likely N-dealkylation sites (tertiary alicyclic amines) is 1. The highest BCUT2D eigenvalue weighted by molar-refractivity contribution is 5.89. The topological polar surface area (TPSA) is 64.2 Å². The summed E-state index contributed by atoms with van der Waals surface area (Å²) in [6, 6.07) is 0. The van der Waals surface area contributed by atoms with E-state index in [1.165, 1.54) is 18.7 Å². The van der Waals surface area contributed by atoms with Gasteiger partial charge < -0.3 is 15.2 Å². The second-order valence-electron chi connectivity index (χ2n) is 7.13. The average molecular weight is 288 g/mol. The minimum atomic E-state index is -0.536. The molecule has 2 heterocycles. The van der Waals surface area contributed by atoms with Crippen molar-refractivity contribution >= 4 is 5.91 Å². The summed E-state index contributed by atoms with van der Waals surface area (Å²) in [6.07, 6.45) is 10.6. The lowest BCUT2D eigenvalue weighted by Gasteiger charge is -2.34. The maximum atomic E-state index is 12.4. The lowest BCUT2D eigenvalue weighted by molar-refractivity contribution is -0.134. The third-order valence-electron chi connectivity index (χ3n) is 5.19. The molecule has 2 aliphatic carbocycles. The van der Waals surface area contributed by atoms with E-state index in [2.05, 4.69) is 15.7 Å². The fourth-order valence-electron chi connectivity index (χ4n) is 3.45. The first-order valence-corrected chi connectivity index (χ1v) is 8.25. The fraction of sp³-hybridized carbons (Fsp3) is 0.750. The molecule has 1 atom stereocenters. The van der Waals surface area contributed by atoms with Crippen molar-refractivity contribution < 1.29 is 4.79 Å². The van der Waals surface area contributed by atoms with Crippen molar-refractivity contribution in [2.24, 2.45) is 11.7 Å². The lowest BCUT2D eigenvalue weighted by atomic mass is 9.96. The van der Waals surface area contributed by atoms with Gasteiger partial charge in [0.1, 0.15) is 5.82 Å². The van der Waals surface area contributed by atoms with Crippen LogP contribution in [0.2, 0.25) is 0 Å². The Morgan fingerprint density at radius 2 is 2.19 bits per heavy atom. The molecule has 3 aliphatic rings. The number of amides is 1. The van der Waals surface area contributed by atoms with E-state index in [0.29, 0.717) is 5.92 Å². The van der Waals surface area contributed by atoms with Crippen LogP contribution in [0.4, 0.5) is 0 Å². The highest BCUT2D eigenvalue weighted by atomic mass is 16.2. The molecule has 1 aromatic rings. The SMILES string of the molecule is NC1(C(=O)N2CCC[C@H](c3nccn3CC3CC3)C2)CC1. The zero-order valence-corrected chi connectivity index (χ0v) is 12.5. The molecule has 1 aromatic heterocycles. The molecule has 5 heteroatoms. The summed E-state index contributed by atoms with van der Waals surface area (Å²) in [5, 5.41) is 0. The standard InChI is InChI=1S/C16H24N4O/c17-16(5-6-16)15(21)20-8-1-2-13(11-20)14-18-7-9-19(14)10-12-3-4-12/h7,9,12-13H,1-6,8,10-11,17H2/t13-/m0/s1. The Hall–Kier alpha value is -1.36. The molecule has 0 aromatic carbocycles. The lowest BCUT2D eigenvalue weighted by Crippen LogP contribution is -2.49. The summed E-state index contributed by atoms with van der Waals surface area (Å²) in [7, 11) is 0. The highest BCUT2D eigenvalue weighted by Gasteiger charge is 2.48. The monoisotopic (exact) mass is 288 g/mol. The van der Waals surface area contributed by atoms with Gasteiger partial charge in [-0.1, -0.05) is 0 Å². The van der Waals surface area contributed by atoms with Crippen molar-refractivity contribution in [2.45, 2.75) is 56.5 Å². The Kier molecular flexibility index (Phi) is 3.06. The van der Waals surface area contributed by atoms with Crippen LogP contribution < -0.4 is 5.73 Å². The van der Waals surface area contributed by atoms with Crippen LogP contribution in [0, 0.1) is 5.92 Å². The van der Waals surface area contributed by atoms with E-state index in [1.54, 1.807) is 0 Å². The second kappa shape index (κ2) is 4.83. The van der Waals surface area contributed by atoms with Crippen LogP contribution in [0.3, 0.4) is 0 Å². The predicted molar refractivity (Wildman–Crippen MR) is 79.7 cm³/mol. The number of hydrogen-bond acceptors (Lipinski definition) is 3. The fourth-order valence-corrected chi connectivity index (χ4v) is 3.45. The van der Waals surface area contributed by atoms with E-state index < -0.39 is 5.54 Å². The summed E-state index contributed by atoms with van der Waals surface area (Å²) >= 11 is 0. The summed E-state index contributed by atoms with van der Waals surface area (Å²) in [4.78, 5) is 19.0. The quantitative estimate of drug-likeness (QED) is 0.913. The molecule has 21 heavy (non-hydrogen) atoms. The molecule has 2 N–H and O–H groups in total. The van der Waals surface area contributed by atoms with Crippen molar-refractivity contribution in [3.8, 4) is 0 Å². The number of piperidine rings is 1. The first-order chi connectivity index (χ1) is 10.2. The van der Waals surface area contributed by atoms with Gasteiger partial charge in [0.15, 0.2) is 0 Å². The number of carbonyl (C=O) groups excluding carboxylic acids is 1. The largest absolute Gasteiger partial charge is 0.340 e. The number of nitrogens with two attached hydrogens (primary N) is 1. The maximum Gasteiger partial charge on any atom is 0.242 e. The first-order valence-electron chi connectivity index (χ1n) is 8.25. The van der Waals surface area contributed by atoms with Gasteiger partial charge in [0.25, 0.3) is 0 Å². The molecule has 0 spiro atoms. The average Bonchev–Trinajstić information content (AvgIpc) is 3.40. The van der Waals surface area contributed by atoms with Gasteiger partial charge in [-0.05, 0) is 44.4 Å². The number of hydrogen-bond donors (Lipinski definition) is 1. The Bertz CT molecular complexity index is 544. The van der Waals surface area contributed by atoms with Gasteiger partial charge >= 0.3 is 0 Å². The minimum absolute atomic E-state index is 0.160. The van der Waals surface area contributed by atoms with Crippen LogP contribution in [0.15, 0.2) is 12.4 Å². The van der Waals surface area contributed by atoms with Crippen molar-refractivity contribution in [3.05, 3.63) is 18.2 Å². The van der Waals surface area contributed by atoms with Crippen molar-refractivity contribution in [1.29, 1.82) is 0 Å². The van der Waals surface area contributed by atoms with Crippen LogP contribution in [-0.2, 0) is 11.3 Å². The van der Waals surface area contributed by atoms with Crippen LogP contribution in [-0.4, -0.2) is 39.0 Å². The van der Waals surface area contributed by atoms with Gasteiger partial charge in [-0.25, -0.2) is 4.98 Å². The van der Waals surface area contributed by atoms with Gasteiger partial charge in [0, 0.05) is 37.9 Å². The van der Waals surface area contributed by atoms with Crippen LogP contribution in [0.1, 0.15) is 50.3 Å². The molecule has 0 unspecified atom stereocenters. The van der Waals surface area contributed by atoms with Gasteiger partial charge in [-0.3, -0.25) is 4.79 Å². The molecule has 1 amide bonds. The van der Waals surface area contributed by atoms with Crippen LogP contribution in [0.5, 0.6) is 0 Å². The molecule has 4 rings (SSSR count). The number of carbonyl (C=O) groups is 1. The van der Waals surface area contributed by atoms with Crippen molar-refractivity contribution in [1.82, 2.24) is 14.5 Å². The number of nitrogens with zero attached hydrogens (tertiary/aromatic N) is 3. The summed E-state index contributed by atoms with van der Waals surface area (Å²) in [6.45, 7) is 2.75. The molecular weight excluding hydrogens is 264 g/mol. The Morgan fingerprint density at radius 1 is 1.38 bits per heavy atom. The molecular formula is C16H24N4O. The van der Waals surface area contributed by atoms with Crippen LogP contribution in [0.25, 0.3) is 0 Å². The van der Waals surface area contributed by atoms with E-state index >= 15 is 0 Å². The molecule has 5 nitrogen and oxygen atoms in total. The first kappa shape index (κ1) is 13.3. The van der Waals surface area contributed by atoms with Crippen molar-refractivity contribution in [3.63, 3.8) is 0 Å². The van der Waals surface area contributed by atoms with Crippen LogP contribution >= 0.6 is 0 Å². The molecule has 0 bridgehead atoms. The molecule has 2 saturated carbocycles. The van der Waals surface area contributed by atoms with Gasteiger partial charge in [-0.15, -0.1) is 0 Å². The van der Waals surface area contributed by atoms with E-state index in [9.17, 15) is 4.79 Å². The summed E-state index contributed by atoms with van der Waals surface area (Å²) < 4.78 is 2.31. The molecule has 3 fully saturated rings. The summed E-state index contributed by atoms with van der Waals surface area (Å²) in [5.41, 5.74) is 5.54. The third-order valence-corrected chi connectivity index (χ3v) is 5.19. The normalized spacial score (nSPS) is 27.7. The second-order valence-corrected chi connectivity index (χ2v) is 7.13. The Labute approximate surface area is 125 Å². The number of rotatable bonds is 4. The van der Waals surface area contributed by atoms with Gasteiger partial charge in [0.2, 0.25) is 5.91 Å². The molecule has 114 valence electrons. The van der Waals surface area contributed by atoms with E-state index in [0.717, 1.165) is 51.2 Å². The van der Waals surface area contributed by atoms with Gasteiger partial charge in [0.05, 0.1) is 5.54 Å². The maximum absolute atomic E-state index is 12.4. The minimum Gasteiger partial charge on any atom is -0.340 e. The molecule has 1 aliphatic heterocycles. The number of imidazole rings is 1. The smallest absolute Gasteiger partial charge is 0.242 e. The summed E-state index contributed by atoms with van der Waals surface area (Å²) in [5.74, 6) is 2.55. The zero-order valence-electron chi connectivity index (χ0n) is 12.5. The number of aromatic nitrogens is 2. The van der Waals surface area contributed by atoms with Gasteiger partial charge in [-0.2, -0.15) is 0 Å². The molecule has 0 radical (unpaired) electrons. The van der Waals surface area contributed by atoms with Crippen molar-refractivity contribution in [2.75, 3.05) is 13.1 Å².